The number of halogens is 1. The average Bonchev–Trinajstić information content (AvgIpc) is 3.15. The van der Waals surface area contributed by atoms with Crippen molar-refractivity contribution in [2.75, 3.05) is 19.8 Å². The predicted octanol–water partition coefficient (Wildman–Crippen LogP) is 2.84. The third kappa shape index (κ3) is 3.26. The molecule has 0 radical (unpaired) electrons. The molecule has 4 nitrogen and oxygen atoms in total. The van der Waals surface area contributed by atoms with Crippen molar-refractivity contribution in [1.82, 2.24) is 4.31 Å². The van der Waals surface area contributed by atoms with Gasteiger partial charge >= 0.3 is 0 Å². The number of benzene rings is 1. The quantitative estimate of drug-likeness (QED) is 0.834. The lowest BCUT2D eigenvalue weighted by Gasteiger charge is -2.24. The van der Waals surface area contributed by atoms with Crippen LogP contribution in [0, 0.1) is 12.8 Å². The van der Waals surface area contributed by atoms with Crippen LogP contribution in [0.5, 0.6) is 0 Å². The van der Waals surface area contributed by atoms with E-state index in [1.165, 1.54) is 0 Å². The summed E-state index contributed by atoms with van der Waals surface area (Å²) < 4.78 is 32.8. The summed E-state index contributed by atoms with van der Waals surface area (Å²) in [5.41, 5.74) is 0.887. The summed E-state index contributed by atoms with van der Waals surface area (Å²) in [5, 5.41) is 0.496. The van der Waals surface area contributed by atoms with E-state index >= 15 is 0 Å². The Kier molecular flexibility index (Phi) is 4.28. The van der Waals surface area contributed by atoms with Gasteiger partial charge in [0.15, 0.2) is 0 Å². The summed E-state index contributed by atoms with van der Waals surface area (Å²) in [6.07, 6.45) is 2.84. The first kappa shape index (κ1) is 15.3. The lowest BCUT2D eigenvalue weighted by atomic mass is 10.1. The predicted molar refractivity (Wildman–Crippen MR) is 82.0 cm³/mol. The van der Waals surface area contributed by atoms with Gasteiger partial charge in [-0.05, 0) is 49.8 Å². The maximum absolute atomic E-state index is 12.9. The number of sulfonamides is 1. The maximum Gasteiger partial charge on any atom is 0.243 e. The Morgan fingerprint density at radius 2 is 2.10 bits per heavy atom. The van der Waals surface area contributed by atoms with Crippen molar-refractivity contribution in [1.29, 1.82) is 0 Å². The van der Waals surface area contributed by atoms with Crippen molar-refractivity contribution in [2.24, 2.45) is 5.92 Å². The normalized spacial score (nSPS) is 22.9. The Hall–Kier alpha value is -0.620. The van der Waals surface area contributed by atoms with Gasteiger partial charge in [0.1, 0.15) is 0 Å². The number of ether oxygens (including phenoxy) is 1. The van der Waals surface area contributed by atoms with Gasteiger partial charge in [-0.3, -0.25) is 0 Å². The van der Waals surface area contributed by atoms with Crippen LogP contribution in [0.1, 0.15) is 24.8 Å². The van der Waals surface area contributed by atoms with Crippen LogP contribution in [0.3, 0.4) is 0 Å². The average molecular weight is 330 g/mol. The van der Waals surface area contributed by atoms with Gasteiger partial charge in [-0.15, -0.1) is 0 Å². The topological polar surface area (TPSA) is 46.6 Å². The molecule has 0 amide bonds. The molecule has 1 aromatic carbocycles. The Morgan fingerprint density at radius 3 is 2.67 bits per heavy atom. The van der Waals surface area contributed by atoms with Crippen LogP contribution in [0.15, 0.2) is 23.1 Å². The highest BCUT2D eigenvalue weighted by atomic mass is 35.5. The summed E-state index contributed by atoms with van der Waals surface area (Å²) >= 11 is 6.09. The van der Waals surface area contributed by atoms with E-state index in [2.05, 4.69) is 0 Å². The molecule has 0 bridgehead atoms. The van der Waals surface area contributed by atoms with E-state index in [0.29, 0.717) is 29.0 Å². The Balaban J connectivity index is 1.87. The van der Waals surface area contributed by atoms with E-state index in [0.717, 1.165) is 31.4 Å². The lowest BCUT2D eigenvalue weighted by molar-refractivity contribution is 0.180. The zero-order chi connectivity index (χ0) is 15.0. The van der Waals surface area contributed by atoms with Gasteiger partial charge in [-0.2, -0.15) is 4.31 Å². The first-order valence-electron chi connectivity index (χ1n) is 7.34. The molecule has 3 rings (SSSR count). The number of aryl methyl sites for hydroxylation is 1. The molecule has 0 aromatic heterocycles. The minimum Gasteiger partial charge on any atom is -0.381 e. The highest BCUT2D eigenvalue weighted by Crippen LogP contribution is 2.34. The molecular formula is C15H20ClNO3S. The van der Waals surface area contributed by atoms with E-state index in [1.54, 1.807) is 22.5 Å². The standard InChI is InChI=1S/C15H20ClNO3S/c1-11-2-5-14(8-15(11)16)21(18,19)17(13-3-4-13)9-12-6-7-20-10-12/h2,5,8,12-13H,3-4,6-7,9-10H2,1H3. The van der Waals surface area contributed by atoms with Crippen LogP contribution in [0.25, 0.3) is 0 Å². The third-order valence-corrected chi connectivity index (χ3v) is 6.49. The lowest BCUT2D eigenvalue weighted by Crippen LogP contribution is -2.37. The molecule has 1 aliphatic heterocycles. The molecule has 0 spiro atoms. The SMILES string of the molecule is Cc1ccc(S(=O)(=O)N(CC2CCOC2)C2CC2)cc1Cl. The Bertz CT molecular complexity index is 622. The van der Waals surface area contributed by atoms with Crippen molar-refractivity contribution in [3.8, 4) is 0 Å². The second-order valence-corrected chi connectivity index (χ2v) is 8.24. The fourth-order valence-electron chi connectivity index (χ4n) is 2.66. The van der Waals surface area contributed by atoms with Crippen LogP contribution in [0.2, 0.25) is 5.02 Å². The van der Waals surface area contributed by atoms with E-state index in [9.17, 15) is 8.42 Å². The molecule has 0 N–H and O–H groups in total. The monoisotopic (exact) mass is 329 g/mol. The van der Waals surface area contributed by atoms with Gasteiger partial charge < -0.3 is 4.74 Å². The van der Waals surface area contributed by atoms with Gasteiger partial charge in [0.25, 0.3) is 0 Å². The van der Waals surface area contributed by atoms with Crippen LogP contribution in [0.4, 0.5) is 0 Å². The summed E-state index contributed by atoms with van der Waals surface area (Å²) in [7, 11) is -3.47. The fourth-order valence-corrected chi connectivity index (χ4v) is 4.69. The van der Waals surface area contributed by atoms with Gasteiger partial charge in [0.2, 0.25) is 10.0 Å². The molecular weight excluding hydrogens is 310 g/mol. The number of hydrogen-bond donors (Lipinski definition) is 0. The van der Waals surface area contributed by atoms with Crippen molar-refractivity contribution in [2.45, 2.75) is 37.1 Å². The van der Waals surface area contributed by atoms with Crippen LogP contribution in [-0.2, 0) is 14.8 Å². The molecule has 1 heterocycles. The van der Waals surface area contributed by atoms with Gasteiger partial charge in [-0.1, -0.05) is 17.7 Å². The molecule has 21 heavy (non-hydrogen) atoms. The van der Waals surface area contributed by atoms with Crippen LogP contribution >= 0.6 is 11.6 Å². The van der Waals surface area contributed by atoms with E-state index in [4.69, 9.17) is 16.3 Å². The number of hydrogen-bond acceptors (Lipinski definition) is 3. The molecule has 1 aromatic rings. The van der Waals surface area contributed by atoms with Crippen molar-refractivity contribution in [3.63, 3.8) is 0 Å². The molecule has 2 aliphatic rings. The van der Waals surface area contributed by atoms with E-state index < -0.39 is 10.0 Å². The second kappa shape index (κ2) is 5.88. The molecule has 1 unspecified atom stereocenters. The summed E-state index contributed by atoms with van der Waals surface area (Å²) in [6.45, 7) is 3.82. The largest absolute Gasteiger partial charge is 0.381 e. The van der Waals surface area contributed by atoms with E-state index in [1.807, 2.05) is 6.92 Å². The first-order valence-corrected chi connectivity index (χ1v) is 9.16. The zero-order valence-electron chi connectivity index (χ0n) is 12.1. The van der Waals surface area contributed by atoms with Crippen molar-refractivity contribution < 1.29 is 13.2 Å². The molecule has 6 heteroatoms. The summed E-state index contributed by atoms with van der Waals surface area (Å²) in [4.78, 5) is 0.295. The third-order valence-electron chi connectivity index (χ3n) is 4.17. The van der Waals surface area contributed by atoms with E-state index in [-0.39, 0.29) is 6.04 Å². The minimum absolute atomic E-state index is 0.149. The number of nitrogens with zero attached hydrogens (tertiary/aromatic N) is 1. The van der Waals surface area contributed by atoms with Gasteiger partial charge in [0.05, 0.1) is 11.5 Å². The molecule has 1 atom stereocenters. The van der Waals surface area contributed by atoms with Crippen LogP contribution in [-0.4, -0.2) is 38.5 Å². The summed E-state index contributed by atoms with van der Waals surface area (Å²) in [5.74, 6) is 0.307. The van der Waals surface area contributed by atoms with Crippen molar-refractivity contribution >= 4 is 21.6 Å². The van der Waals surface area contributed by atoms with Gasteiger partial charge in [-0.25, -0.2) is 8.42 Å². The highest BCUT2D eigenvalue weighted by molar-refractivity contribution is 7.89. The molecule has 1 saturated heterocycles. The zero-order valence-corrected chi connectivity index (χ0v) is 13.7. The molecule has 2 fully saturated rings. The fraction of sp³-hybridized carbons (Fsp3) is 0.600. The van der Waals surface area contributed by atoms with Crippen molar-refractivity contribution in [3.05, 3.63) is 28.8 Å². The smallest absolute Gasteiger partial charge is 0.243 e. The van der Waals surface area contributed by atoms with Gasteiger partial charge in [0, 0.05) is 24.2 Å². The molecule has 1 saturated carbocycles. The Labute approximate surface area is 131 Å². The Morgan fingerprint density at radius 1 is 1.33 bits per heavy atom. The first-order chi connectivity index (χ1) is 9.98. The summed E-state index contributed by atoms with van der Waals surface area (Å²) in [6, 6.07) is 5.12. The molecule has 1 aliphatic carbocycles. The minimum atomic E-state index is -3.47. The van der Waals surface area contributed by atoms with Crippen LogP contribution < -0.4 is 0 Å². The maximum atomic E-state index is 12.9. The highest BCUT2D eigenvalue weighted by Gasteiger charge is 2.39. The number of rotatable bonds is 5. The molecule has 116 valence electrons. The second-order valence-electron chi connectivity index (χ2n) is 5.95.